The van der Waals surface area contributed by atoms with Crippen LogP contribution in [0.25, 0.3) is 0 Å². The van der Waals surface area contributed by atoms with Crippen molar-refractivity contribution in [2.24, 2.45) is 0 Å². The van der Waals surface area contributed by atoms with Crippen LogP contribution in [0.4, 0.5) is 10.1 Å². The van der Waals surface area contributed by atoms with Crippen LogP contribution in [0.3, 0.4) is 0 Å². The zero-order valence-corrected chi connectivity index (χ0v) is 23.3. The maximum atomic E-state index is 13.9. The Labute approximate surface area is 233 Å². The van der Waals surface area contributed by atoms with Crippen molar-refractivity contribution in [3.8, 4) is 0 Å². The van der Waals surface area contributed by atoms with Gasteiger partial charge in [0, 0.05) is 25.2 Å². The molecule has 1 N–H and O–H groups in total. The SMILES string of the molecule is O=S(=O)(c1ccc(Cl)c(Cl)c1)N(c1ccccc1)C1CCN(C2CCCCC2(O)c2ccc(F)cc2)CC1. The largest absolute Gasteiger partial charge is 0.384 e. The standard InChI is InChI=1S/C29H31Cl2FN2O3S/c30-26-14-13-25(20-27(26)31)38(36,37)34(23-6-2-1-3-7-23)24-15-18-33(19-16-24)28-8-4-5-17-29(28,35)21-9-11-22(32)12-10-21/h1-3,6-7,9-14,20,24,28,35H,4-5,8,15-19H2. The molecule has 2 atom stereocenters. The van der Waals surface area contributed by atoms with Gasteiger partial charge in [0.05, 0.1) is 20.6 Å². The van der Waals surface area contributed by atoms with E-state index < -0.39 is 15.6 Å². The van der Waals surface area contributed by atoms with Crippen LogP contribution in [0.5, 0.6) is 0 Å². The Morgan fingerprint density at radius 2 is 1.58 bits per heavy atom. The summed E-state index contributed by atoms with van der Waals surface area (Å²) < 4.78 is 43.0. The summed E-state index contributed by atoms with van der Waals surface area (Å²) in [5, 5.41) is 12.3. The minimum atomic E-state index is -3.92. The van der Waals surface area contributed by atoms with Gasteiger partial charge in [0.1, 0.15) is 11.4 Å². The molecule has 3 aromatic carbocycles. The predicted octanol–water partition coefficient (Wildman–Crippen LogP) is 6.62. The van der Waals surface area contributed by atoms with Gasteiger partial charge in [-0.25, -0.2) is 12.8 Å². The molecule has 0 radical (unpaired) electrons. The van der Waals surface area contributed by atoms with E-state index in [0.29, 0.717) is 43.1 Å². The van der Waals surface area contributed by atoms with Gasteiger partial charge in [-0.05, 0) is 73.7 Å². The Morgan fingerprint density at radius 3 is 2.24 bits per heavy atom. The molecule has 2 aliphatic rings. The van der Waals surface area contributed by atoms with Gasteiger partial charge < -0.3 is 5.11 Å². The third-order valence-corrected chi connectivity index (χ3v) is 10.5. The van der Waals surface area contributed by atoms with Crippen molar-refractivity contribution in [2.45, 2.75) is 61.1 Å². The summed E-state index contributed by atoms with van der Waals surface area (Å²) in [7, 11) is -3.92. The first-order valence-corrected chi connectivity index (χ1v) is 15.2. The van der Waals surface area contributed by atoms with Crippen molar-refractivity contribution in [3.63, 3.8) is 0 Å². The second-order valence-electron chi connectivity index (χ2n) is 10.2. The average Bonchev–Trinajstić information content (AvgIpc) is 2.92. The van der Waals surface area contributed by atoms with Gasteiger partial charge in [-0.1, -0.05) is 66.4 Å². The Balaban J connectivity index is 1.41. The van der Waals surface area contributed by atoms with Crippen LogP contribution in [-0.2, 0) is 15.6 Å². The summed E-state index contributed by atoms with van der Waals surface area (Å²) >= 11 is 12.2. The van der Waals surface area contributed by atoms with Crippen LogP contribution >= 0.6 is 23.2 Å². The second-order valence-corrected chi connectivity index (χ2v) is 12.8. The number of piperidine rings is 1. The molecule has 1 heterocycles. The summed E-state index contributed by atoms with van der Waals surface area (Å²) in [6.07, 6.45) is 4.57. The molecular formula is C29H31Cl2FN2O3S. The first-order chi connectivity index (χ1) is 18.2. The molecule has 1 saturated carbocycles. The van der Waals surface area contributed by atoms with Crippen LogP contribution < -0.4 is 4.31 Å². The lowest BCUT2D eigenvalue weighted by molar-refractivity contribution is -0.0849. The molecule has 5 rings (SSSR count). The molecule has 9 heteroatoms. The quantitative estimate of drug-likeness (QED) is 0.358. The number of para-hydroxylation sites is 1. The van der Waals surface area contributed by atoms with Gasteiger partial charge in [0.15, 0.2) is 0 Å². The second kappa shape index (κ2) is 11.1. The Kier molecular flexibility index (Phi) is 8.04. The summed E-state index contributed by atoms with van der Waals surface area (Å²) in [4.78, 5) is 2.38. The van der Waals surface area contributed by atoms with E-state index in [4.69, 9.17) is 23.2 Å². The van der Waals surface area contributed by atoms with E-state index in [1.807, 2.05) is 18.2 Å². The average molecular weight is 578 g/mol. The monoisotopic (exact) mass is 576 g/mol. The summed E-state index contributed by atoms with van der Waals surface area (Å²) in [5.41, 5.74) is 0.265. The number of hydrogen-bond acceptors (Lipinski definition) is 4. The zero-order chi connectivity index (χ0) is 26.9. The highest BCUT2D eigenvalue weighted by Gasteiger charge is 2.45. The fraction of sp³-hybridized carbons (Fsp3) is 0.379. The lowest BCUT2D eigenvalue weighted by Crippen LogP contribution is -2.57. The molecular weight excluding hydrogens is 546 g/mol. The highest BCUT2D eigenvalue weighted by Crippen LogP contribution is 2.42. The van der Waals surface area contributed by atoms with Crippen LogP contribution in [0.1, 0.15) is 44.1 Å². The summed E-state index contributed by atoms with van der Waals surface area (Å²) in [5.74, 6) is -0.324. The topological polar surface area (TPSA) is 60.9 Å². The van der Waals surface area contributed by atoms with Gasteiger partial charge in [0.25, 0.3) is 10.0 Å². The number of likely N-dealkylation sites (tertiary alicyclic amines) is 1. The van der Waals surface area contributed by atoms with E-state index in [2.05, 4.69) is 4.90 Å². The lowest BCUT2D eigenvalue weighted by atomic mass is 9.74. The number of nitrogens with zero attached hydrogens (tertiary/aromatic N) is 2. The molecule has 2 fully saturated rings. The molecule has 0 bridgehead atoms. The predicted molar refractivity (Wildman–Crippen MR) is 150 cm³/mol. The molecule has 0 amide bonds. The number of sulfonamides is 1. The van der Waals surface area contributed by atoms with E-state index in [9.17, 15) is 17.9 Å². The fourth-order valence-corrected chi connectivity index (χ4v) is 8.10. The number of anilines is 1. The number of aliphatic hydroxyl groups is 1. The molecule has 2 unspecified atom stereocenters. The van der Waals surface area contributed by atoms with Crippen LogP contribution in [0.2, 0.25) is 10.0 Å². The van der Waals surface area contributed by atoms with Gasteiger partial charge in [0.2, 0.25) is 0 Å². The highest BCUT2D eigenvalue weighted by molar-refractivity contribution is 7.92. The normalized spacial score (nSPS) is 23.3. The molecule has 1 saturated heterocycles. The number of halogens is 3. The number of hydrogen-bond donors (Lipinski definition) is 1. The maximum absolute atomic E-state index is 13.9. The Bertz CT molecular complexity index is 1370. The van der Waals surface area contributed by atoms with E-state index in [1.54, 1.807) is 24.3 Å². The smallest absolute Gasteiger partial charge is 0.264 e. The zero-order valence-electron chi connectivity index (χ0n) is 20.9. The molecule has 0 spiro atoms. The molecule has 38 heavy (non-hydrogen) atoms. The highest BCUT2D eigenvalue weighted by atomic mass is 35.5. The van der Waals surface area contributed by atoms with Crippen molar-refractivity contribution in [2.75, 3.05) is 17.4 Å². The summed E-state index contributed by atoms with van der Waals surface area (Å²) in [6, 6.07) is 19.3. The van der Waals surface area contributed by atoms with Crippen LogP contribution in [-0.4, -0.2) is 43.6 Å². The third kappa shape index (κ3) is 5.32. The van der Waals surface area contributed by atoms with E-state index in [1.165, 1.54) is 34.6 Å². The van der Waals surface area contributed by atoms with Gasteiger partial charge >= 0.3 is 0 Å². The first kappa shape index (κ1) is 27.4. The molecule has 0 aromatic heterocycles. The van der Waals surface area contributed by atoms with Crippen molar-refractivity contribution < 1.29 is 17.9 Å². The van der Waals surface area contributed by atoms with Crippen LogP contribution in [0, 0.1) is 5.82 Å². The fourth-order valence-electron chi connectivity index (χ4n) is 6.00. The van der Waals surface area contributed by atoms with Crippen molar-refractivity contribution >= 4 is 38.9 Å². The van der Waals surface area contributed by atoms with Crippen molar-refractivity contribution in [3.05, 3.63) is 94.2 Å². The molecule has 202 valence electrons. The lowest BCUT2D eigenvalue weighted by Gasteiger charge is -2.49. The van der Waals surface area contributed by atoms with Gasteiger partial charge in [-0.3, -0.25) is 9.21 Å². The minimum Gasteiger partial charge on any atom is -0.384 e. The molecule has 3 aromatic rings. The van der Waals surface area contributed by atoms with Gasteiger partial charge in [-0.15, -0.1) is 0 Å². The van der Waals surface area contributed by atoms with Gasteiger partial charge in [-0.2, -0.15) is 0 Å². The first-order valence-electron chi connectivity index (χ1n) is 13.0. The van der Waals surface area contributed by atoms with E-state index >= 15 is 0 Å². The Hall–Kier alpha value is -2.16. The van der Waals surface area contributed by atoms with Crippen molar-refractivity contribution in [1.82, 2.24) is 4.90 Å². The molecule has 1 aliphatic carbocycles. The number of rotatable bonds is 6. The van der Waals surface area contributed by atoms with E-state index in [-0.39, 0.29) is 27.8 Å². The third-order valence-electron chi connectivity index (χ3n) is 7.91. The minimum absolute atomic E-state index is 0.0937. The van der Waals surface area contributed by atoms with Crippen molar-refractivity contribution in [1.29, 1.82) is 0 Å². The van der Waals surface area contributed by atoms with E-state index in [0.717, 1.165) is 24.8 Å². The maximum Gasteiger partial charge on any atom is 0.264 e. The van der Waals surface area contributed by atoms with Crippen LogP contribution in [0.15, 0.2) is 77.7 Å². The summed E-state index contributed by atoms with van der Waals surface area (Å²) in [6.45, 7) is 1.28. The molecule has 1 aliphatic heterocycles. The number of benzene rings is 3. The molecule has 5 nitrogen and oxygen atoms in total. The Morgan fingerprint density at radius 1 is 0.895 bits per heavy atom.